The highest BCUT2D eigenvalue weighted by molar-refractivity contribution is 7.91. The minimum absolute atomic E-state index is 0.142. The number of nitrogens with zero attached hydrogens (tertiary/aromatic N) is 2. The number of rotatable bonds is 8. The third-order valence-electron chi connectivity index (χ3n) is 7.38. The number of sulfone groups is 1. The number of hydrogen-bond donors (Lipinski definition) is 2. The van der Waals surface area contributed by atoms with E-state index in [0.29, 0.717) is 44.3 Å². The van der Waals surface area contributed by atoms with Crippen molar-refractivity contribution in [2.24, 2.45) is 5.41 Å². The molecule has 2 fully saturated rings. The van der Waals surface area contributed by atoms with Crippen molar-refractivity contribution in [2.45, 2.75) is 69.9 Å². The van der Waals surface area contributed by atoms with Gasteiger partial charge >= 0.3 is 0 Å². The normalized spacial score (nSPS) is 18.9. The molecule has 190 valence electrons. The SMILES string of the molecule is Cc1cc(COc2ccc(S(=O)(=O)CC3(C(=O)NO)CCN(C4CCCC4)CC3)cc2)cc(C)n1. The maximum absolute atomic E-state index is 13.3. The molecule has 1 saturated carbocycles. The standard InChI is InChI=1S/C26H35N3O5S/c1-19-15-21(16-20(2)27-19)17-34-23-7-9-24(10-8-23)35(32,33)18-26(25(30)28-31)11-13-29(14-12-26)22-5-3-4-6-22/h7-10,15-16,22,31H,3-6,11-14,17-18H2,1-2H3,(H,28,30). The third-order valence-corrected chi connectivity index (χ3v) is 9.30. The number of carbonyl (C=O) groups excluding carboxylic acids is 1. The van der Waals surface area contributed by atoms with Crippen LogP contribution in [-0.2, 0) is 21.2 Å². The van der Waals surface area contributed by atoms with E-state index in [1.54, 1.807) is 17.6 Å². The van der Waals surface area contributed by atoms with Gasteiger partial charge in [0.15, 0.2) is 9.84 Å². The molecule has 2 N–H and O–H groups in total. The fraction of sp³-hybridized carbons (Fsp3) is 0.538. The Morgan fingerprint density at radius 3 is 2.29 bits per heavy atom. The van der Waals surface area contributed by atoms with Crippen molar-refractivity contribution in [1.82, 2.24) is 15.4 Å². The molecule has 2 heterocycles. The predicted molar refractivity (Wildman–Crippen MR) is 132 cm³/mol. The van der Waals surface area contributed by atoms with Gasteiger partial charge in [-0.15, -0.1) is 0 Å². The van der Waals surface area contributed by atoms with Gasteiger partial charge < -0.3 is 9.64 Å². The maximum Gasteiger partial charge on any atom is 0.250 e. The van der Waals surface area contributed by atoms with Crippen molar-refractivity contribution in [3.05, 3.63) is 53.3 Å². The monoisotopic (exact) mass is 501 g/mol. The van der Waals surface area contributed by atoms with E-state index in [1.807, 2.05) is 26.0 Å². The lowest BCUT2D eigenvalue weighted by molar-refractivity contribution is -0.141. The summed E-state index contributed by atoms with van der Waals surface area (Å²) < 4.78 is 32.4. The number of amides is 1. The second-order valence-corrected chi connectivity index (χ2v) is 12.0. The molecular weight excluding hydrogens is 466 g/mol. The first-order valence-electron chi connectivity index (χ1n) is 12.3. The first-order valence-corrected chi connectivity index (χ1v) is 13.9. The van der Waals surface area contributed by atoms with Gasteiger partial charge in [-0.1, -0.05) is 12.8 Å². The van der Waals surface area contributed by atoms with Crippen molar-refractivity contribution >= 4 is 15.7 Å². The van der Waals surface area contributed by atoms with Crippen molar-refractivity contribution in [3.8, 4) is 5.75 Å². The second-order valence-electron chi connectivity index (χ2n) is 9.97. The summed E-state index contributed by atoms with van der Waals surface area (Å²) in [6.45, 7) is 5.54. The number of ether oxygens (including phenoxy) is 1. The smallest absolute Gasteiger partial charge is 0.250 e. The summed E-state index contributed by atoms with van der Waals surface area (Å²) >= 11 is 0. The average molecular weight is 502 g/mol. The molecule has 9 heteroatoms. The highest BCUT2D eigenvalue weighted by atomic mass is 32.2. The van der Waals surface area contributed by atoms with Crippen molar-refractivity contribution in [2.75, 3.05) is 18.8 Å². The van der Waals surface area contributed by atoms with E-state index in [1.165, 1.54) is 25.0 Å². The minimum atomic E-state index is -3.76. The number of nitrogens with one attached hydrogen (secondary N) is 1. The van der Waals surface area contributed by atoms with E-state index in [0.717, 1.165) is 29.8 Å². The summed E-state index contributed by atoms with van der Waals surface area (Å²) in [5.41, 5.74) is 3.42. The Morgan fingerprint density at radius 2 is 1.71 bits per heavy atom. The summed E-state index contributed by atoms with van der Waals surface area (Å²) in [5, 5.41) is 9.39. The molecular formula is C26H35N3O5S. The molecule has 0 atom stereocenters. The molecule has 1 amide bonds. The van der Waals surface area contributed by atoms with Crippen molar-refractivity contribution in [3.63, 3.8) is 0 Å². The van der Waals surface area contributed by atoms with E-state index >= 15 is 0 Å². The summed E-state index contributed by atoms with van der Waals surface area (Å²) in [6, 6.07) is 10.7. The van der Waals surface area contributed by atoms with E-state index in [-0.39, 0.29) is 10.6 Å². The minimum Gasteiger partial charge on any atom is -0.489 e. The second kappa shape index (κ2) is 10.6. The van der Waals surface area contributed by atoms with Crippen LogP contribution in [0.1, 0.15) is 55.5 Å². The number of hydrogen-bond acceptors (Lipinski definition) is 7. The van der Waals surface area contributed by atoms with Crippen LogP contribution in [0.2, 0.25) is 0 Å². The molecule has 1 aliphatic carbocycles. The van der Waals surface area contributed by atoms with Crippen LogP contribution in [0.4, 0.5) is 0 Å². The first-order chi connectivity index (χ1) is 16.7. The molecule has 1 aliphatic heterocycles. The van der Waals surface area contributed by atoms with Gasteiger partial charge in [0.1, 0.15) is 12.4 Å². The zero-order chi connectivity index (χ0) is 25.1. The van der Waals surface area contributed by atoms with Gasteiger partial charge in [0.05, 0.1) is 16.1 Å². The Balaban J connectivity index is 1.43. The lowest BCUT2D eigenvalue weighted by atomic mass is 9.79. The summed E-state index contributed by atoms with van der Waals surface area (Å²) in [7, 11) is -3.76. The molecule has 2 aliphatic rings. The zero-order valence-corrected chi connectivity index (χ0v) is 21.3. The largest absolute Gasteiger partial charge is 0.489 e. The van der Waals surface area contributed by atoms with Crippen LogP contribution < -0.4 is 10.2 Å². The van der Waals surface area contributed by atoms with Crippen molar-refractivity contribution < 1.29 is 23.2 Å². The van der Waals surface area contributed by atoms with Gasteiger partial charge in [-0.25, -0.2) is 13.9 Å². The van der Waals surface area contributed by atoms with Crippen molar-refractivity contribution in [1.29, 1.82) is 0 Å². The Morgan fingerprint density at radius 1 is 1.11 bits per heavy atom. The Hall–Kier alpha value is -2.49. The van der Waals surface area contributed by atoms with E-state index in [4.69, 9.17) is 4.74 Å². The lowest BCUT2D eigenvalue weighted by Crippen LogP contribution is -2.53. The molecule has 8 nitrogen and oxygen atoms in total. The van der Waals surface area contributed by atoms with E-state index in [9.17, 15) is 18.4 Å². The molecule has 0 spiro atoms. The van der Waals surface area contributed by atoms with E-state index in [2.05, 4.69) is 9.88 Å². The van der Waals surface area contributed by atoms with Crippen LogP contribution in [0.5, 0.6) is 5.75 Å². The number of aromatic nitrogens is 1. The Labute approximate surface area is 207 Å². The van der Waals surface area contributed by atoms with Crippen LogP contribution in [0, 0.1) is 19.3 Å². The van der Waals surface area contributed by atoms with Gasteiger partial charge in [0.2, 0.25) is 0 Å². The molecule has 0 radical (unpaired) electrons. The van der Waals surface area contributed by atoms with Crippen LogP contribution in [0.3, 0.4) is 0 Å². The van der Waals surface area contributed by atoms with Gasteiger partial charge in [0.25, 0.3) is 5.91 Å². The quantitative estimate of drug-likeness (QED) is 0.420. The topological polar surface area (TPSA) is 109 Å². The number of carbonyl (C=O) groups is 1. The average Bonchev–Trinajstić information content (AvgIpc) is 3.37. The summed E-state index contributed by atoms with van der Waals surface area (Å²) in [6.07, 6.45) is 5.57. The molecule has 2 aromatic rings. The highest BCUT2D eigenvalue weighted by Crippen LogP contribution is 2.38. The zero-order valence-electron chi connectivity index (χ0n) is 20.5. The molecule has 0 bridgehead atoms. The third kappa shape index (κ3) is 6.02. The molecule has 35 heavy (non-hydrogen) atoms. The fourth-order valence-electron chi connectivity index (χ4n) is 5.50. The van der Waals surface area contributed by atoms with Crippen LogP contribution in [-0.4, -0.2) is 54.3 Å². The van der Waals surface area contributed by atoms with Crippen LogP contribution >= 0.6 is 0 Å². The first kappa shape index (κ1) is 25.6. The molecule has 4 rings (SSSR count). The number of aryl methyl sites for hydroxylation is 2. The molecule has 1 aromatic carbocycles. The number of likely N-dealkylation sites (tertiary alicyclic amines) is 1. The number of benzene rings is 1. The lowest BCUT2D eigenvalue weighted by Gasteiger charge is -2.42. The molecule has 1 aromatic heterocycles. The van der Waals surface area contributed by atoms with Crippen LogP contribution in [0.15, 0.2) is 41.3 Å². The number of hydroxylamine groups is 1. The number of pyridine rings is 1. The van der Waals surface area contributed by atoms with Gasteiger partial charge in [0, 0.05) is 17.4 Å². The Bertz CT molecular complexity index is 1120. The maximum atomic E-state index is 13.3. The summed E-state index contributed by atoms with van der Waals surface area (Å²) in [4.78, 5) is 19.6. The predicted octanol–water partition coefficient (Wildman–Crippen LogP) is 3.58. The van der Waals surface area contributed by atoms with Gasteiger partial charge in [-0.05, 0) is 94.6 Å². The van der Waals surface area contributed by atoms with Gasteiger partial charge in [-0.3, -0.25) is 15.0 Å². The van der Waals surface area contributed by atoms with Crippen LogP contribution in [0.25, 0.3) is 0 Å². The summed E-state index contributed by atoms with van der Waals surface area (Å²) in [5.74, 6) is -0.389. The van der Waals surface area contributed by atoms with E-state index < -0.39 is 21.2 Å². The Kier molecular flexibility index (Phi) is 7.78. The fourth-order valence-corrected chi connectivity index (χ4v) is 7.37. The molecule has 1 saturated heterocycles. The highest BCUT2D eigenvalue weighted by Gasteiger charge is 2.46. The van der Waals surface area contributed by atoms with Gasteiger partial charge in [-0.2, -0.15) is 0 Å². The number of piperidine rings is 1. The molecule has 0 unspecified atom stereocenters.